The third-order valence-electron chi connectivity index (χ3n) is 1.11. The number of halogens is 4. The van der Waals surface area contributed by atoms with Crippen LogP contribution in [0, 0.1) is 5.92 Å². The fourth-order valence-corrected chi connectivity index (χ4v) is 0.657. The predicted molar refractivity (Wildman–Crippen MR) is 46.8 cm³/mol. The molecule has 0 saturated heterocycles. The van der Waals surface area contributed by atoms with Crippen LogP contribution >= 0.6 is 22.6 Å². The first-order chi connectivity index (χ1) is 5.25. The molecule has 1 unspecified atom stereocenters. The molecule has 0 rings (SSSR count). The zero-order valence-electron chi connectivity index (χ0n) is 6.57. The molecule has 1 atom stereocenters. The highest BCUT2D eigenvalue weighted by atomic mass is 127. The van der Waals surface area contributed by atoms with E-state index in [4.69, 9.17) is 0 Å². The number of carbonyl (C=O) groups excluding carboxylic acids is 1. The lowest BCUT2D eigenvalue weighted by molar-refractivity contribution is -0.173. The molecule has 0 aromatic rings. The Hall–Kier alpha value is -0.0100. The lowest BCUT2D eigenvalue weighted by Crippen LogP contribution is -2.42. The summed E-state index contributed by atoms with van der Waals surface area (Å²) in [5.41, 5.74) is 0. The lowest BCUT2D eigenvalue weighted by atomic mass is 10.2. The van der Waals surface area contributed by atoms with E-state index >= 15 is 0 Å². The maximum atomic E-state index is 11.7. The Morgan fingerprint density at radius 2 is 1.83 bits per heavy atom. The van der Waals surface area contributed by atoms with Crippen molar-refractivity contribution in [2.24, 2.45) is 5.92 Å². The fraction of sp³-hybridized carbons (Fsp3) is 0.833. The Morgan fingerprint density at radius 3 is 2.08 bits per heavy atom. The van der Waals surface area contributed by atoms with Crippen molar-refractivity contribution in [2.75, 3.05) is 0 Å². The molecule has 72 valence electrons. The molecule has 6 heteroatoms. The molecule has 0 bridgehead atoms. The van der Waals surface area contributed by atoms with Crippen LogP contribution < -0.4 is 5.32 Å². The highest BCUT2D eigenvalue weighted by molar-refractivity contribution is 14.1. The summed E-state index contributed by atoms with van der Waals surface area (Å²) in [6.07, 6.45) is -4.78. The van der Waals surface area contributed by atoms with Gasteiger partial charge in [0.15, 0.2) is 0 Å². The second kappa shape index (κ2) is 4.29. The Kier molecular flexibility index (Phi) is 4.29. The van der Waals surface area contributed by atoms with Crippen LogP contribution in [0.4, 0.5) is 13.2 Å². The van der Waals surface area contributed by atoms with Crippen molar-refractivity contribution in [1.29, 1.82) is 0 Å². The van der Waals surface area contributed by atoms with Crippen molar-refractivity contribution < 1.29 is 18.0 Å². The summed E-state index contributed by atoms with van der Waals surface area (Å²) in [7, 11) is 0. The van der Waals surface area contributed by atoms with Gasteiger partial charge in [-0.25, -0.2) is 0 Å². The molecular weight excluding hydrogens is 286 g/mol. The van der Waals surface area contributed by atoms with Crippen molar-refractivity contribution in [2.45, 2.75) is 24.1 Å². The van der Waals surface area contributed by atoms with Crippen LogP contribution in [0.25, 0.3) is 0 Å². The molecule has 2 nitrogen and oxygen atoms in total. The second-order valence-corrected chi connectivity index (χ2v) is 3.96. The molecule has 1 amide bonds. The van der Waals surface area contributed by atoms with Crippen LogP contribution in [-0.2, 0) is 4.79 Å². The topological polar surface area (TPSA) is 29.1 Å². The van der Waals surface area contributed by atoms with Gasteiger partial charge in [-0.05, 0) is 5.92 Å². The molecule has 12 heavy (non-hydrogen) atoms. The summed E-state index contributed by atoms with van der Waals surface area (Å²) in [4.78, 5) is 10.3. The SMILES string of the molecule is CC(C)C(I)NC(=O)C(F)(F)F. The first-order valence-electron chi connectivity index (χ1n) is 3.27. The van der Waals surface area contributed by atoms with Gasteiger partial charge in [0, 0.05) is 0 Å². The van der Waals surface area contributed by atoms with Crippen molar-refractivity contribution >= 4 is 28.5 Å². The molecule has 0 radical (unpaired) electrons. The van der Waals surface area contributed by atoms with E-state index in [0.717, 1.165) is 0 Å². The molecule has 0 fully saturated rings. The largest absolute Gasteiger partial charge is 0.471 e. The highest BCUT2D eigenvalue weighted by Gasteiger charge is 2.39. The van der Waals surface area contributed by atoms with Gasteiger partial charge in [-0.15, -0.1) is 0 Å². The second-order valence-electron chi connectivity index (χ2n) is 2.62. The van der Waals surface area contributed by atoms with Gasteiger partial charge in [-0.3, -0.25) is 4.79 Å². The van der Waals surface area contributed by atoms with E-state index < -0.39 is 16.1 Å². The minimum atomic E-state index is -4.78. The maximum absolute atomic E-state index is 11.7. The molecular formula is C6H9F3INO. The number of amides is 1. The van der Waals surface area contributed by atoms with Crippen LogP contribution in [0.5, 0.6) is 0 Å². The number of alkyl halides is 4. The minimum Gasteiger partial charge on any atom is -0.336 e. The summed E-state index contributed by atoms with van der Waals surface area (Å²) in [5.74, 6) is -1.90. The molecule has 0 aliphatic rings. The Morgan fingerprint density at radius 1 is 1.42 bits per heavy atom. The molecule has 0 aromatic carbocycles. The molecule has 0 spiro atoms. The average molecular weight is 295 g/mol. The van der Waals surface area contributed by atoms with Crippen LogP contribution in [0.3, 0.4) is 0 Å². The summed E-state index contributed by atoms with van der Waals surface area (Å²) in [6.45, 7) is 3.46. The fourth-order valence-electron chi connectivity index (χ4n) is 0.374. The third-order valence-corrected chi connectivity index (χ3v) is 2.86. The first-order valence-corrected chi connectivity index (χ1v) is 4.51. The molecule has 0 aliphatic carbocycles. The summed E-state index contributed by atoms with van der Waals surface area (Å²) in [6, 6.07) is 0. The average Bonchev–Trinajstić information content (AvgIpc) is 1.85. The van der Waals surface area contributed by atoms with E-state index in [0.29, 0.717) is 0 Å². The number of rotatable bonds is 2. The van der Waals surface area contributed by atoms with Gasteiger partial charge >= 0.3 is 12.1 Å². The number of carbonyl (C=O) groups is 1. The van der Waals surface area contributed by atoms with Gasteiger partial charge in [0.2, 0.25) is 0 Å². The van der Waals surface area contributed by atoms with Gasteiger partial charge in [0.05, 0.1) is 4.05 Å². The lowest BCUT2D eigenvalue weighted by Gasteiger charge is -2.16. The van der Waals surface area contributed by atoms with Crippen LogP contribution in [0.15, 0.2) is 0 Å². The van der Waals surface area contributed by atoms with Gasteiger partial charge in [0.1, 0.15) is 0 Å². The van der Waals surface area contributed by atoms with Crippen molar-refractivity contribution in [1.82, 2.24) is 5.32 Å². The monoisotopic (exact) mass is 295 g/mol. The Balaban J connectivity index is 4.02. The standard InChI is InChI=1S/C6H9F3INO/c1-3(2)4(10)11-5(12)6(7,8)9/h3-4H,1-2H3,(H,11,12). The van der Waals surface area contributed by atoms with Crippen LogP contribution in [-0.4, -0.2) is 16.1 Å². The first kappa shape index (κ1) is 12.0. The quantitative estimate of drug-likeness (QED) is 0.472. The Labute approximate surface area is 82.0 Å². The molecule has 0 heterocycles. The van der Waals surface area contributed by atoms with Gasteiger partial charge in [0.25, 0.3) is 0 Å². The van der Waals surface area contributed by atoms with E-state index in [1.165, 1.54) is 0 Å². The molecule has 1 N–H and O–H groups in total. The Bertz CT molecular complexity index is 169. The van der Waals surface area contributed by atoms with Crippen LogP contribution in [0.2, 0.25) is 0 Å². The number of nitrogens with one attached hydrogen (secondary N) is 1. The van der Waals surface area contributed by atoms with E-state index in [-0.39, 0.29) is 5.92 Å². The molecule has 0 saturated carbocycles. The third kappa shape index (κ3) is 4.13. The van der Waals surface area contributed by atoms with Crippen molar-refractivity contribution in [3.63, 3.8) is 0 Å². The van der Waals surface area contributed by atoms with E-state index in [1.807, 2.05) is 5.32 Å². The van der Waals surface area contributed by atoms with Gasteiger partial charge < -0.3 is 5.32 Å². The van der Waals surface area contributed by atoms with Crippen molar-refractivity contribution in [3.05, 3.63) is 0 Å². The zero-order valence-corrected chi connectivity index (χ0v) is 8.73. The summed E-state index contributed by atoms with van der Waals surface area (Å²) >= 11 is 1.75. The molecule has 0 aromatic heterocycles. The normalized spacial score (nSPS) is 14.6. The summed E-state index contributed by atoms with van der Waals surface area (Å²) < 4.78 is 34.5. The van der Waals surface area contributed by atoms with E-state index in [2.05, 4.69) is 0 Å². The van der Waals surface area contributed by atoms with Crippen molar-refractivity contribution in [3.8, 4) is 0 Å². The predicted octanol–water partition coefficient (Wildman–Crippen LogP) is 2.08. The molecule has 0 aliphatic heterocycles. The smallest absolute Gasteiger partial charge is 0.336 e. The highest BCUT2D eigenvalue weighted by Crippen LogP contribution is 2.17. The van der Waals surface area contributed by atoms with Gasteiger partial charge in [-0.1, -0.05) is 36.4 Å². The minimum absolute atomic E-state index is 0.0168. The van der Waals surface area contributed by atoms with Crippen LogP contribution in [0.1, 0.15) is 13.8 Å². The maximum Gasteiger partial charge on any atom is 0.471 e. The van der Waals surface area contributed by atoms with E-state index in [1.54, 1.807) is 36.4 Å². The number of hydrogen-bond acceptors (Lipinski definition) is 1. The summed E-state index contributed by atoms with van der Waals surface area (Å²) in [5, 5.41) is 1.84. The number of hydrogen-bond donors (Lipinski definition) is 1. The van der Waals surface area contributed by atoms with Gasteiger partial charge in [-0.2, -0.15) is 13.2 Å². The van der Waals surface area contributed by atoms with E-state index in [9.17, 15) is 18.0 Å². The zero-order chi connectivity index (χ0) is 9.94.